The number of rotatable bonds is 3. The third-order valence-electron chi connectivity index (χ3n) is 2.35. The number of alkyl carbamates (subject to hydrolysis) is 1. The quantitative estimate of drug-likeness (QED) is 0.582. The van der Waals surface area contributed by atoms with Gasteiger partial charge in [0.15, 0.2) is 5.82 Å². The second-order valence-corrected chi connectivity index (χ2v) is 6.01. The molecule has 0 aliphatic rings. The van der Waals surface area contributed by atoms with Crippen molar-refractivity contribution in [2.45, 2.75) is 46.3 Å². The summed E-state index contributed by atoms with van der Waals surface area (Å²) >= 11 is 4.96. The molecule has 8 heteroatoms. The van der Waals surface area contributed by atoms with E-state index in [0.29, 0.717) is 10.6 Å². The van der Waals surface area contributed by atoms with Crippen LogP contribution in [0.4, 0.5) is 4.79 Å². The summed E-state index contributed by atoms with van der Waals surface area (Å²) in [5.74, 6) is 6.32. The molecule has 1 atom stereocenters. The lowest BCUT2D eigenvalue weighted by Gasteiger charge is -2.24. The molecule has 0 bridgehead atoms. The van der Waals surface area contributed by atoms with Crippen LogP contribution in [0.25, 0.3) is 0 Å². The van der Waals surface area contributed by atoms with Crippen LogP contribution in [0, 0.1) is 10.7 Å². The van der Waals surface area contributed by atoms with Crippen LogP contribution in [0.3, 0.4) is 0 Å². The summed E-state index contributed by atoms with van der Waals surface area (Å²) < 4.78 is 6.77. The van der Waals surface area contributed by atoms with Crippen molar-refractivity contribution in [3.8, 4) is 0 Å². The second kappa shape index (κ2) is 5.60. The predicted molar refractivity (Wildman–Crippen MR) is 74.5 cm³/mol. The van der Waals surface area contributed by atoms with Crippen LogP contribution in [0.15, 0.2) is 0 Å². The van der Waals surface area contributed by atoms with Gasteiger partial charge in [-0.05, 0) is 38.9 Å². The first-order valence-electron chi connectivity index (χ1n) is 6.03. The topological polar surface area (TPSA) is 98.0 Å². The van der Waals surface area contributed by atoms with Gasteiger partial charge in [0.25, 0.3) is 0 Å². The fourth-order valence-electron chi connectivity index (χ4n) is 1.50. The SMILES string of the molecule is CC(C)[C@H](NC(=O)OC(C)(C)C)c1n[nH]c(=S)n1N. The maximum absolute atomic E-state index is 11.8. The Bertz CT molecular complexity index is 500. The van der Waals surface area contributed by atoms with Crippen LogP contribution in [0.1, 0.15) is 46.5 Å². The van der Waals surface area contributed by atoms with Gasteiger partial charge in [-0.3, -0.25) is 5.10 Å². The molecule has 0 radical (unpaired) electrons. The lowest BCUT2D eigenvalue weighted by Crippen LogP contribution is -2.38. The number of hydrogen-bond acceptors (Lipinski definition) is 5. The summed E-state index contributed by atoms with van der Waals surface area (Å²) in [6, 6.07) is -0.382. The molecule has 0 fully saturated rings. The molecule has 108 valence electrons. The van der Waals surface area contributed by atoms with Crippen molar-refractivity contribution in [2.24, 2.45) is 5.92 Å². The lowest BCUT2D eigenvalue weighted by molar-refractivity contribution is 0.0485. The van der Waals surface area contributed by atoms with Crippen molar-refractivity contribution in [1.29, 1.82) is 0 Å². The number of aromatic nitrogens is 3. The first-order valence-corrected chi connectivity index (χ1v) is 6.44. The van der Waals surface area contributed by atoms with Gasteiger partial charge in [-0.2, -0.15) is 5.10 Å². The largest absolute Gasteiger partial charge is 0.444 e. The Morgan fingerprint density at radius 2 is 2.11 bits per heavy atom. The van der Waals surface area contributed by atoms with E-state index in [1.165, 1.54) is 4.68 Å². The van der Waals surface area contributed by atoms with Crippen LogP contribution in [-0.4, -0.2) is 26.6 Å². The van der Waals surface area contributed by atoms with Crippen LogP contribution in [-0.2, 0) is 4.74 Å². The molecule has 1 amide bonds. The molecule has 0 spiro atoms. The van der Waals surface area contributed by atoms with Gasteiger partial charge in [-0.1, -0.05) is 13.8 Å². The second-order valence-electron chi connectivity index (χ2n) is 5.62. The molecule has 0 saturated carbocycles. The zero-order valence-corrected chi connectivity index (χ0v) is 12.7. The molecule has 1 rings (SSSR count). The van der Waals surface area contributed by atoms with Gasteiger partial charge in [0, 0.05) is 0 Å². The van der Waals surface area contributed by atoms with E-state index in [-0.39, 0.29) is 12.0 Å². The number of nitrogens with zero attached hydrogens (tertiary/aromatic N) is 2. The van der Waals surface area contributed by atoms with Crippen molar-refractivity contribution in [1.82, 2.24) is 20.2 Å². The minimum atomic E-state index is -0.556. The van der Waals surface area contributed by atoms with Gasteiger partial charge in [-0.25, -0.2) is 9.47 Å². The molecule has 4 N–H and O–H groups in total. The molecule has 1 heterocycles. The van der Waals surface area contributed by atoms with E-state index in [2.05, 4.69) is 15.5 Å². The van der Waals surface area contributed by atoms with Gasteiger partial charge in [0.05, 0.1) is 6.04 Å². The lowest BCUT2D eigenvalue weighted by atomic mass is 10.0. The highest BCUT2D eigenvalue weighted by Gasteiger charge is 2.26. The zero-order valence-electron chi connectivity index (χ0n) is 11.9. The molecule has 0 unspecified atom stereocenters. The Balaban J connectivity index is 2.89. The van der Waals surface area contributed by atoms with Gasteiger partial charge < -0.3 is 15.9 Å². The van der Waals surface area contributed by atoms with E-state index in [0.717, 1.165) is 0 Å². The minimum absolute atomic E-state index is 0.0834. The number of amides is 1. The average Bonchev–Trinajstić information content (AvgIpc) is 2.54. The molecular formula is C11H21N5O2S. The van der Waals surface area contributed by atoms with Crippen molar-refractivity contribution >= 4 is 18.3 Å². The summed E-state index contributed by atoms with van der Waals surface area (Å²) in [6.45, 7) is 9.29. The Labute approximate surface area is 117 Å². The Morgan fingerprint density at radius 1 is 1.53 bits per heavy atom. The molecule has 0 aliphatic heterocycles. The van der Waals surface area contributed by atoms with Gasteiger partial charge in [-0.15, -0.1) is 0 Å². The number of nitrogens with two attached hydrogens (primary N) is 1. The van der Waals surface area contributed by atoms with Gasteiger partial charge in [0.2, 0.25) is 4.77 Å². The molecule has 1 aromatic rings. The number of nitrogen functional groups attached to an aromatic ring is 1. The third-order valence-corrected chi connectivity index (χ3v) is 2.64. The Morgan fingerprint density at radius 3 is 2.47 bits per heavy atom. The van der Waals surface area contributed by atoms with Gasteiger partial charge >= 0.3 is 6.09 Å². The third kappa shape index (κ3) is 4.23. The number of carbonyl (C=O) groups is 1. The number of aromatic amines is 1. The fourth-order valence-corrected chi connectivity index (χ4v) is 1.64. The summed E-state index contributed by atoms with van der Waals surface area (Å²) in [7, 11) is 0. The Kier molecular flexibility index (Phi) is 4.56. The monoisotopic (exact) mass is 287 g/mol. The van der Waals surface area contributed by atoms with Crippen LogP contribution >= 0.6 is 12.2 Å². The fraction of sp³-hybridized carbons (Fsp3) is 0.727. The highest BCUT2D eigenvalue weighted by Crippen LogP contribution is 2.19. The van der Waals surface area contributed by atoms with Crippen molar-refractivity contribution in [3.63, 3.8) is 0 Å². The molecule has 1 aromatic heterocycles. The number of hydrogen-bond donors (Lipinski definition) is 3. The standard InChI is InChI=1S/C11H21N5O2S/c1-6(2)7(8-14-15-9(19)16(8)12)13-10(17)18-11(3,4)5/h6-7H,12H2,1-5H3,(H,13,17)(H,15,19)/t7-/m0/s1. The van der Waals surface area contributed by atoms with Crippen LogP contribution in [0.2, 0.25) is 0 Å². The first-order chi connectivity index (χ1) is 8.61. The summed E-state index contributed by atoms with van der Waals surface area (Å²) in [5, 5.41) is 9.38. The summed E-state index contributed by atoms with van der Waals surface area (Å²) in [4.78, 5) is 11.8. The van der Waals surface area contributed by atoms with E-state index < -0.39 is 11.7 Å². The van der Waals surface area contributed by atoms with Crippen LogP contribution in [0.5, 0.6) is 0 Å². The van der Waals surface area contributed by atoms with Crippen molar-refractivity contribution in [3.05, 3.63) is 10.6 Å². The number of nitrogens with one attached hydrogen (secondary N) is 2. The molecule has 0 aromatic carbocycles. The number of ether oxygens (including phenoxy) is 1. The molecule has 19 heavy (non-hydrogen) atoms. The van der Waals surface area contributed by atoms with Crippen LogP contribution < -0.4 is 11.2 Å². The van der Waals surface area contributed by atoms with E-state index in [4.69, 9.17) is 22.8 Å². The van der Waals surface area contributed by atoms with E-state index in [1.54, 1.807) is 20.8 Å². The predicted octanol–water partition coefficient (Wildman–Crippen LogP) is 1.88. The van der Waals surface area contributed by atoms with Crippen molar-refractivity contribution in [2.75, 3.05) is 5.84 Å². The van der Waals surface area contributed by atoms with Crippen molar-refractivity contribution < 1.29 is 9.53 Å². The maximum Gasteiger partial charge on any atom is 0.408 e. The van der Waals surface area contributed by atoms with E-state index in [9.17, 15) is 4.79 Å². The van der Waals surface area contributed by atoms with E-state index in [1.807, 2.05) is 13.8 Å². The first kappa shape index (κ1) is 15.5. The summed E-state index contributed by atoms with van der Waals surface area (Å²) in [6.07, 6.45) is -0.514. The molecule has 7 nitrogen and oxygen atoms in total. The molecular weight excluding hydrogens is 266 g/mol. The number of H-pyrrole nitrogens is 1. The Hall–Kier alpha value is -1.57. The smallest absolute Gasteiger partial charge is 0.408 e. The molecule has 0 aliphatic carbocycles. The van der Waals surface area contributed by atoms with E-state index >= 15 is 0 Å². The number of carbonyl (C=O) groups excluding carboxylic acids is 1. The highest BCUT2D eigenvalue weighted by atomic mass is 32.1. The maximum atomic E-state index is 11.8. The minimum Gasteiger partial charge on any atom is -0.444 e. The average molecular weight is 287 g/mol. The molecule has 0 saturated heterocycles. The van der Waals surface area contributed by atoms with Gasteiger partial charge in [0.1, 0.15) is 5.60 Å². The highest BCUT2D eigenvalue weighted by molar-refractivity contribution is 7.71. The normalized spacial score (nSPS) is 13.4. The summed E-state index contributed by atoms with van der Waals surface area (Å²) in [5.41, 5.74) is -0.556. The zero-order chi connectivity index (χ0) is 14.8.